The summed E-state index contributed by atoms with van der Waals surface area (Å²) < 4.78 is 12.5. The number of nitrogen functional groups attached to an aromatic ring is 1. The fourth-order valence-corrected chi connectivity index (χ4v) is 2.93. The predicted molar refractivity (Wildman–Crippen MR) is 95.1 cm³/mol. The highest BCUT2D eigenvalue weighted by molar-refractivity contribution is 5.91. The SMILES string of the molecule is COc1ccc(OC)c(Cc2nc3ccccc3c3nc(N)nn23)c1. The van der Waals surface area contributed by atoms with E-state index in [1.807, 2.05) is 42.5 Å². The van der Waals surface area contributed by atoms with Crippen molar-refractivity contribution in [1.82, 2.24) is 19.6 Å². The highest BCUT2D eigenvalue weighted by Gasteiger charge is 2.15. The molecule has 4 aromatic rings. The minimum atomic E-state index is 0.219. The molecule has 0 fully saturated rings. The molecule has 0 bridgehead atoms. The van der Waals surface area contributed by atoms with Crippen LogP contribution in [0.5, 0.6) is 11.5 Å². The van der Waals surface area contributed by atoms with Gasteiger partial charge in [-0.05, 0) is 30.3 Å². The second-order valence-corrected chi connectivity index (χ2v) is 5.61. The van der Waals surface area contributed by atoms with Crippen LogP contribution in [0.2, 0.25) is 0 Å². The molecule has 7 heteroatoms. The Labute approximate surface area is 144 Å². The van der Waals surface area contributed by atoms with Crippen LogP contribution in [-0.4, -0.2) is 33.8 Å². The van der Waals surface area contributed by atoms with E-state index < -0.39 is 0 Å². The molecule has 2 heterocycles. The van der Waals surface area contributed by atoms with Gasteiger partial charge in [-0.3, -0.25) is 0 Å². The van der Waals surface area contributed by atoms with Crippen molar-refractivity contribution in [3.8, 4) is 11.5 Å². The van der Waals surface area contributed by atoms with E-state index in [1.165, 1.54) is 0 Å². The van der Waals surface area contributed by atoms with E-state index >= 15 is 0 Å². The molecule has 7 nitrogen and oxygen atoms in total. The van der Waals surface area contributed by atoms with Crippen LogP contribution in [0, 0.1) is 0 Å². The smallest absolute Gasteiger partial charge is 0.240 e. The van der Waals surface area contributed by atoms with E-state index in [0.29, 0.717) is 12.1 Å². The fourth-order valence-electron chi connectivity index (χ4n) is 2.93. The molecule has 0 spiro atoms. The lowest BCUT2D eigenvalue weighted by Crippen LogP contribution is -2.06. The van der Waals surface area contributed by atoms with Crippen molar-refractivity contribution in [3.05, 3.63) is 53.9 Å². The first-order valence-electron chi connectivity index (χ1n) is 7.80. The van der Waals surface area contributed by atoms with Gasteiger partial charge in [-0.15, -0.1) is 5.10 Å². The van der Waals surface area contributed by atoms with Crippen molar-refractivity contribution < 1.29 is 9.47 Å². The summed E-state index contributed by atoms with van der Waals surface area (Å²) in [6, 6.07) is 13.5. The molecule has 0 aliphatic rings. The van der Waals surface area contributed by atoms with Gasteiger partial charge in [0.05, 0.1) is 19.7 Å². The maximum absolute atomic E-state index is 5.83. The van der Waals surface area contributed by atoms with Crippen molar-refractivity contribution in [3.63, 3.8) is 0 Å². The maximum Gasteiger partial charge on any atom is 0.240 e. The van der Waals surface area contributed by atoms with Crippen LogP contribution in [0.1, 0.15) is 11.4 Å². The van der Waals surface area contributed by atoms with Gasteiger partial charge in [0.15, 0.2) is 5.65 Å². The Kier molecular flexibility index (Phi) is 3.61. The predicted octanol–water partition coefficient (Wildman–Crippen LogP) is 2.47. The number of fused-ring (bicyclic) bond motifs is 3. The Morgan fingerprint density at radius 2 is 1.88 bits per heavy atom. The van der Waals surface area contributed by atoms with E-state index in [1.54, 1.807) is 18.7 Å². The van der Waals surface area contributed by atoms with E-state index in [0.717, 1.165) is 33.8 Å². The molecule has 0 aliphatic heterocycles. The molecule has 25 heavy (non-hydrogen) atoms. The first-order valence-corrected chi connectivity index (χ1v) is 7.80. The van der Waals surface area contributed by atoms with Gasteiger partial charge in [0.1, 0.15) is 17.3 Å². The number of rotatable bonds is 4. The number of hydrogen-bond acceptors (Lipinski definition) is 6. The third kappa shape index (κ3) is 2.59. The molecule has 0 saturated carbocycles. The normalized spacial score (nSPS) is 11.1. The fraction of sp³-hybridized carbons (Fsp3) is 0.167. The molecule has 4 rings (SSSR count). The number of nitrogens with zero attached hydrogens (tertiary/aromatic N) is 4. The van der Waals surface area contributed by atoms with Crippen LogP contribution in [0.25, 0.3) is 16.6 Å². The Bertz CT molecular complexity index is 1070. The van der Waals surface area contributed by atoms with E-state index in [9.17, 15) is 0 Å². The third-order valence-corrected chi connectivity index (χ3v) is 4.10. The summed E-state index contributed by atoms with van der Waals surface area (Å²) >= 11 is 0. The minimum Gasteiger partial charge on any atom is -0.497 e. The Balaban J connectivity index is 1.92. The average Bonchev–Trinajstić information content (AvgIpc) is 3.04. The number of hydrogen-bond donors (Lipinski definition) is 1. The minimum absolute atomic E-state index is 0.219. The van der Waals surface area contributed by atoms with Gasteiger partial charge >= 0.3 is 0 Å². The lowest BCUT2D eigenvalue weighted by Gasteiger charge is -2.11. The van der Waals surface area contributed by atoms with Crippen molar-refractivity contribution in [2.75, 3.05) is 20.0 Å². The highest BCUT2D eigenvalue weighted by atomic mass is 16.5. The summed E-state index contributed by atoms with van der Waals surface area (Å²) in [5.41, 5.74) is 8.32. The largest absolute Gasteiger partial charge is 0.497 e. The summed E-state index contributed by atoms with van der Waals surface area (Å²) in [6.07, 6.45) is 0.504. The van der Waals surface area contributed by atoms with Crippen LogP contribution in [0.4, 0.5) is 5.95 Å². The van der Waals surface area contributed by atoms with Gasteiger partial charge in [-0.1, -0.05) is 12.1 Å². The summed E-state index contributed by atoms with van der Waals surface area (Å²) in [6.45, 7) is 0. The van der Waals surface area contributed by atoms with Gasteiger partial charge in [0, 0.05) is 17.4 Å². The number of aromatic nitrogens is 4. The first kappa shape index (κ1) is 15.2. The van der Waals surface area contributed by atoms with Crippen LogP contribution >= 0.6 is 0 Å². The van der Waals surface area contributed by atoms with Crippen molar-refractivity contribution >= 4 is 22.5 Å². The second-order valence-electron chi connectivity index (χ2n) is 5.61. The molecular weight excluding hydrogens is 318 g/mol. The number of ether oxygens (including phenoxy) is 2. The number of para-hydroxylation sites is 1. The van der Waals surface area contributed by atoms with Gasteiger partial charge in [0.25, 0.3) is 0 Å². The van der Waals surface area contributed by atoms with Gasteiger partial charge in [0.2, 0.25) is 5.95 Å². The second kappa shape index (κ2) is 5.94. The molecule has 0 radical (unpaired) electrons. The average molecular weight is 335 g/mol. The molecule has 2 aromatic heterocycles. The molecule has 0 unspecified atom stereocenters. The summed E-state index contributed by atoms with van der Waals surface area (Å²) in [7, 11) is 3.28. The molecule has 126 valence electrons. The molecule has 0 amide bonds. The maximum atomic E-state index is 5.83. The van der Waals surface area contributed by atoms with Crippen LogP contribution in [0.3, 0.4) is 0 Å². The molecular formula is C18H17N5O2. The Hall–Kier alpha value is -3.35. The lowest BCUT2D eigenvalue weighted by atomic mass is 10.1. The third-order valence-electron chi connectivity index (χ3n) is 4.10. The zero-order valence-corrected chi connectivity index (χ0v) is 13.9. The topological polar surface area (TPSA) is 87.6 Å². The lowest BCUT2D eigenvalue weighted by molar-refractivity contribution is 0.399. The molecule has 2 aromatic carbocycles. The van der Waals surface area contributed by atoms with Crippen LogP contribution in [0.15, 0.2) is 42.5 Å². The van der Waals surface area contributed by atoms with Gasteiger partial charge < -0.3 is 15.2 Å². The first-order chi connectivity index (χ1) is 12.2. The summed E-state index contributed by atoms with van der Waals surface area (Å²) in [4.78, 5) is 9.11. The van der Waals surface area contributed by atoms with Crippen molar-refractivity contribution in [2.24, 2.45) is 0 Å². The van der Waals surface area contributed by atoms with E-state index in [-0.39, 0.29) is 5.95 Å². The quantitative estimate of drug-likeness (QED) is 0.616. The standard InChI is InChI=1S/C18H17N5O2/c1-24-12-7-8-15(25-2)11(9-12)10-16-20-14-6-4-3-5-13(14)17-21-18(19)22-23(16)17/h3-9H,10H2,1-2H3,(H2,19,22). The number of nitrogens with two attached hydrogens (primary N) is 1. The van der Waals surface area contributed by atoms with Gasteiger partial charge in [-0.2, -0.15) is 9.50 Å². The number of benzene rings is 2. The molecule has 2 N–H and O–H groups in total. The van der Waals surface area contributed by atoms with E-state index in [4.69, 9.17) is 20.2 Å². The van der Waals surface area contributed by atoms with E-state index in [2.05, 4.69) is 10.1 Å². The molecule has 0 atom stereocenters. The van der Waals surface area contributed by atoms with Gasteiger partial charge in [-0.25, -0.2) is 4.98 Å². The molecule has 0 aliphatic carbocycles. The highest BCUT2D eigenvalue weighted by Crippen LogP contribution is 2.27. The Morgan fingerprint density at radius 3 is 2.68 bits per heavy atom. The van der Waals surface area contributed by atoms with Crippen molar-refractivity contribution in [1.29, 1.82) is 0 Å². The summed E-state index contributed by atoms with van der Waals surface area (Å²) in [5, 5.41) is 5.22. The summed E-state index contributed by atoms with van der Waals surface area (Å²) in [5.74, 6) is 2.46. The number of methoxy groups -OCH3 is 2. The zero-order chi connectivity index (χ0) is 17.4. The van der Waals surface area contributed by atoms with Crippen LogP contribution in [-0.2, 0) is 6.42 Å². The molecule has 0 saturated heterocycles. The van der Waals surface area contributed by atoms with Crippen molar-refractivity contribution in [2.45, 2.75) is 6.42 Å². The zero-order valence-electron chi connectivity index (χ0n) is 13.9. The monoisotopic (exact) mass is 335 g/mol. The van der Waals surface area contributed by atoms with Crippen LogP contribution < -0.4 is 15.2 Å². The Morgan fingerprint density at radius 1 is 1.04 bits per heavy atom. The number of anilines is 1.